The lowest BCUT2D eigenvalue weighted by Crippen LogP contribution is -2.71. The standard InChI is InChI=1S/C19H22N8O6S2/c1-2-33-23-11(14-22-19(20)35-24-14)15(29)21-12-16(30)27-13(18(31)32)10(9-34-17(12)27)8-26-5-3-4-25(26)6-7-28/h3-5,12,17,28H,2,6-9H2,1H3,(H3-,20,21,22,24,29,31,32)/p+1/t12?,17-/m1/s1. The van der Waals surface area contributed by atoms with Crippen molar-refractivity contribution in [1.29, 1.82) is 0 Å². The maximum absolute atomic E-state index is 13.0. The van der Waals surface area contributed by atoms with Gasteiger partial charge in [-0.05, 0) is 6.92 Å². The molecule has 2 amide bonds. The number of nitrogens with one attached hydrogen (secondary N) is 1. The number of hydrogen-bond donors (Lipinski definition) is 4. The van der Waals surface area contributed by atoms with Crippen LogP contribution in [0.25, 0.3) is 0 Å². The molecule has 2 aliphatic rings. The van der Waals surface area contributed by atoms with E-state index in [1.807, 2.05) is 0 Å². The fraction of sp³-hybridized carbons (Fsp3) is 0.421. The lowest BCUT2D eigenvalue weighted by Gasteiger charge is -2.49. The number of rotatable bonds is 10. The van der Waals surface area contributed by atoms with Crippen molar-refractivity contribution in [3.05, 3.63) is 35.6 Å². The molecule has 0 aliphatic carbocycles. The predicted molar refractivity (Wildman–Crippen MR) is 124 cm³/mol. The molecule has 5 N–H and O–H groups in total. The monoisotopic (exact) mass is 523 g/mol. The van der Waals surface area contributed by atoms with Crippen LogP contribution >= 0.6 is 23.3 Å². The van der Waals surface area contributed by atoms with E-state index in [1.165, 1.54) is 16.7 Å². The number of aliphatic hydroxyl groups excluding tert-OH is 1. The Bertz CT molecular complexity index is 1210. The molecule has 4 rings (SSSR count). The molecule has 35 heavy (non-hydrogen) atoms. The second-order valence-electron chi connectivity index (χ2n) is 7.41. The van der Waals surface area contributed by atoms with Crippen LogP contribution in [-0.2, 0) is 32.3 Å². The van der Waals surface area contributed by atoms with Crippen LogP contribution in [0, 0.1) is 0 Å². The first-order valence-corrected chi connectivity index (χ1v) is 12.3. The summed E-state index contributed by atoms with van der Waals surface area (Å²) in [5.74, 6) is -2.22. The lowest BCUT2D eigenvalue weighted by atomic mass is 10.0. The van der Waals surface area contributed by atoms with Crippen molar-refractivity contribution in [2.45, 2.75) is 31.4 Å². The number of amides is 2. The van der Waals surface area contributed by atoms with Crippen LogP contribution in [0.1, 0.15) is 12.7 Å². The van der Waals surface area contributed by atoms with Gasteiger partial charge in [-0.2, -0.15) is 14.0 Å². The van der Waals surface area contributed by atoms with Gasteiger partial charge in [0.2, 0.25) is 11.5 Å². The molecular weight excluding hydrogens is 500 g/mol. The van der Waals surface area contributed by atoms with E-state index in [1.54, 1.807) is 34.7 Å². The summed E-state index contributed by atoms with van der Waals surface area (Å²) in [7, 11) is 0. The van der Waals surface area contributed by atoms with Crippen LogP contribution in [0.15, 0.2) is 34.9 Å². The van der Waals surface area contributed by atoms with Crippen molar-refractivity contribution >= 4 is 51.9 Å². The first-order valence-electron chi connectivity index (χ1n) is 10.5. The predicted octanol–water partition coefficient (Wildman–Crippen LogP) is -1.62. The van der Waals surface area contributed by atoms with E-state index in [0.29, 0.717) is 17.9 Å². The van der Waals surface area contributed by atoms with E-state index in [4.69, 9.17) is 10.6 Å². The van der Waals surface area contributed by atoms with Crippen LogP contribution in [0.5, 0.6) is 0 Å². The summed E-state index contributed by atoms with van der Waals surface area (Å²) < 4.78 is 7.49. The van der Waals surface area contributed by atoms with Crippen molar-refractivity contribution in [3.8, 4) is 0 Å². The molecule has 2 aromatic rings. The number of nitrogen functional groups attached to an aromatic ring is 1. The van der Waals surface area contributed by atoms with E-state index >= 15 is 0 Å². The summed E-state index contributed by atoms with van der Waals surface area (Å²) in [6, 6.07) is 0.819. The SMILES string of the molecule is CCON=C(C(=O)NC1C(=O)N2C(C(=O)O)=C(C[n+]3cccn3CCO)CS[C@H]12)c1nsc(N)n1. The fourth-order valence-corrected chi connectivity index (χ4v) is 5.48. The number of carbonyl (C=O) groups excluding carboxylic acids is 2. The maximum atomic E-state index is 13.0. The number of aliphatic hydroxyl groups is 1. The smallest absolute Gasteiger partial charge is 0.352 e. The number of oxime groups is 1. The second-order valence-corrected chi connectivity index (χ2v) is 9.30. The van der Waals surface area contributed by atoms with Gasteiger partial charge in [-0.3, -0.25) is 14.5 Å². The Balaban J connectivity index is 1.53. The number of thioether (sulfide) groups is 1. The highest BCUT2D eigenvalue weighted by Gasteiger charge is 2.55. The number of carboxylic acids is 1. The number of aliphatic carboxylic acids is 1. The zero-order valence-electron chi connectivity index (χ0n) is 18.5. The van der Waals surface area contributed by atoms with E-state index in [0.717, 1.165) is 11.5 Å². The van der Waals surface area contributed by atoms with Gasteiger partial charge in [0, 0.05) is 28.9 Å². The number of carboxylic acid groups (broad SMARTS) is 1. The third kappa shape index (κ3) is 4.85. The number of β-lactam (4-membered cyclic amide) rings is 1. The average molecular weight is 524 g/mol. The van der Waals surface area contributed by atoms with E-state index < -0.39 is 29.2 Å². The number of hydrogen-bond acceptors (Lipinski definition) is 11. The van der Waals surface area contributed by atoms with E-state index in [9.17, 15) is 24.6 Å². The zero-order chi connectivity index (χ0) is 25.1. The van der Waals surface area contributed by atoms with Gasteiger partial charge in [0.25, 0.3) is 11.8 Å². The highest BCUT2D eigenvalue weighted by Crippen LogP contribution is 2.40. The summed E-state index contributed by atoms with van der Waals surface area (Å²) in [6.45, 7) is 2.39. The summed E-state index contributed by atoms with van der Waals surface area (Å²) >= 11 is 2.23. The molecule has 2 atom stereocenters. The largest absolute Gasteiger partial charge is 0.477 e. The number of anilines is 1. The van der Waals surface area contributed by atoms with Crippen molar-refractivity contribution in [3.63, 3.8) is 0 Å². The molecule has 2 aliphatic heterocycles. The van der Waals surface area contributed by atoms with Crippen LogP contribution in [0.4, 0.5) is 5.13 Å². The molecular formula is C19H23N8O6S2+. The Labute approximate surface area is 207 Å². The molecule has 0 radical (unpaired) electrons. The summed E-state index contributed by atoms with van der Waals surface area (Å²) in [5.41, 5.74) is 5.80. The van der Waals surface area contributed by atoms with Gasteiger partial charge in [0.1, 0.15) is 30.3 Å². The number of carbonyl (C=O) groups is 3. The molecule has 2 aromatic heterocycles. The molecule has 14 nitrogen and oxygen atoms in total. The van der Waals surface area contributed by atoms with Gasteiger partial charge in [-0.1, -0.05) is 5.16 Å². The molecule has 1 fully saturated rings. The molecule has 0 saturated carbocycles. The van der Waals surface area contributed by atoms with Crippen molar-refractivity contribution in [1.82, 2.24) is 24.3 Å². The number of nitrogens with two attached hydrogens (primary N) is 1. The minimum atomic E-state index is -1.23. The first-order chi connectivity index (χ1) is 16.8. The summed E-state index contributed by atoms with van der Waals surface area (Å²) in [4.78, 5) is 48.1. The van der Waals surface area contributed by atoms with Crippen LogP contribution in [-0.4, -0.2) is 83.0 Å². The Morgan fingerprint density at radius 2 is 2.26 bits per heavy atom. The minimum absolute atomic E-state index is 0.0327. The number of nitrogens with zero attached hydrogens (tertiary/aromatic N) is 6. The highest BCUT2D eigenvalue weighted by atomic mass is 32.2. The number of fused-ring (bicyclic) bond motifs is 1. The Hall–Kier alpha value is -3.50. The molecule has 0 bridgehead atoms. The van der Waals surface area contributed by atoms with Crippen LogP contribution < -0.4 is 15.7 Å². The Morgan fingerprint density at radius 1 is 1.46 bits per heavy atom. The van der Waals surface area contributed by atoms with Crippen LogP contribution in [0.2, 0.25) is 0 Å². The van der Waals surface area contributed by atoms with Crippen molar-refractivity contribution in [2.75, 3.05) is 24.7 Å². The Morgan fingerprint density at radius 3 is 2.91 bits per heavy atom. The molecule has 1 unspecified atom stereocenters. The van der Waals surface area contributed by atoms with Crippen LogP contribution in [0.3, 0.4) is 0 Å². The molecule has 0 spiro atoms. The normalized spacial score (nSPS) is 19.9. The minimum Gasteiger partial charge on any atom is -0.477 e. The van der Waals surface area contributed by atoms with E-state index in [2.05, 4.69) is 19.8 Å². The van der Waals surface area contributed by atoms with Gasteiger partial charge in [-0.15, -0.1) is 16.4 Å². The van der Waals surface area contributed by atoms with Gasteiger partial charge in [0.05, 0.1) is 12.8 Å². The lowest BCUT2D eigenvalue weighted by molar-refractivity contribution is -0.768. The van der Waals surface area contributed by atoms with Gasteiger partial charge >= 0.3 is 5.97 Å². The van der Waals surface area contributed by atoms with Crippen molar-refractivity contribution in [2.24, 2.45) is 5.16 Å². The molecule has 1 saturated heterocycles. The zero-order valence-corrected chi connectivity index (χ0v) is 20.2. The number of aromatic nitrogens is 4. The first kappa shape index (κ1) is 24.6. The average Bonchev–Trinajstić information content (AvgIpc) is 3.46. The third-order valence-electron chi connectivity index (χ3n) is 5.22. The second kappa shape index (κ2) is 10.4. The van der Waals surface area contributed by atoms with Crippen molar-refractivity contribution < 1.29 is 34.1 Å². The molecule has 16 heteroatoms. The van der Waals surface area contributed by atoms with Gasteiger partial charge < -0.3 is 26.1 Å². The topological polar surface area (TPSA) is 189 Å². The highest BCUT2D eigenvalue weighted by molar-refractivity contribution is 8.00. The molecule has 186 valence electrons. The summed E-state index contributed by atoms with van der Waals surface area (Å²) in [5, 5.41) is 25.0. The summed E-state index contributed by atoms with van der Waals surface area (Å²) in [6.07, 6.45) is 3.53. The van der Waals surface area contributed by atoms with Gasteiger partial charge in [0.15, 0.2) is 17.9 Å². The Kier molecular flexibility index (Phi) is 7.32. The van der Waals surface area contributed by atoms with E-state index in [-0.39, 0.29) is 42.1 Å². The fourth-order valence-electron chi connectivity index (χ4n) is 3.71. The van der Waals surface area contributed by atoms with Gasteiger partial charge in [-0.25, -0.2) is 4.79 Å². The molecule has 4 heterocycles. The third-order valence-corrected chi connectivity index (χ3v) is 7.10. The quantitative estimate of drug-likeness (QED) is 0.122. The maximum Gasteiger partial charge on any atom is 0.352 e. The molecule has 0 aromatic carbocycles.